The summed E-state index contributed by atoms with van der Waals surface area (Å²) in [4.78, 5) is 2.25. The van der Waals surface area contributed by atoms with Crippen LogP contribution in [0.5, 0.6) is 0 Å². The van der Waals surface area contributed by atoms with Crippen LogP contribution in [0.1, 0.15) is 30.9 Å². The van der Waals surface area contributed by atoms with Gasteiger partial charge in [-0.15, -0.1) is 0 Å². The van der Waals surface area contributed by atoms with Crippen molar-refractivity contribution in [2.75, 3.05) is 20.6 Å². The first-order valence-corrected chi connectivity index (χ1v) is 8.54. The minimum atomic E-state index is 0.172. The van der Waals surface area contributed by atoms with Crippen molar-refractivity contribution >= 4 is 28.9 Å². The van der Waals surface area contributed by atoms with Crippen molar-refractivity contribution in [3.05, 3.63) is 46.1 Å². The molecule has 1 aromatic rings. The largest absolute Gasteiger partial charge is 0.352 e. The van der Waals surface area contributed by atoms with Gasteiger partial charge in [0.15, 0.2) is 5.11 Å². The number of hydrogen-bond donors (Lipinski definition) is 2. The first-order chi connectivity index (χ1) is 10.5. The second kappa shape index (κ2) is 6.57. The Labute approximate surface area is 142 Å². The van der Waals surface area contributed by atoms with Gasteiger partial charge in [-0.1, -0.05) is 23.7 Å². The van der Waals surface area contributed by atoms with E-state index in [1.807, 2.05) is 12.1 Å². The predicted octanol–water partition coefficient (Wildman–Crippen LogP) is 3.47. The van der Waals surface area contributed by atoms with Gasteiger partial charge >= 0.3 is 0 Å². The highest BCUT2D eigenvalue weighted by Gasteiger charge is 2.32. The Morgan fingerprint density at radius 2 is 2.00 bits per heavy atom. The summed E-state index contributed by atoms with van der Waals surface area (Å²) >= 11 is 11.5. The third-order valence-electron chi connectivity index (χ3n) is 4.41. The lowest BCUT2D eigenvalue weighted by molar-refractivity contribution is 0.314. The van der Waals surface area contributed by atoms with E-state index in [1.54, 1.807) is 0 Å². The maximum absolute atomic E-state index is 6.02. The Morgan fingerprint density at radius 1 is 1.27 bits per heavy atom. The molecule has 1 aliphatic heterocycles. The summed E-state index contributed by atoms with van der Waals surface area (Å²) in [5.74, 6) is 0.536. The fourth-order valence-electron chi connectivity index (χ4n) is 3.50. The molecular formula is C17H22ClN3S. The Balaban J connectivity index is 1.96. The van der Waals surface area contributed by atoms with Gasteiger partial charge in [0.05, 0.1) is 6.04 Å². The van der Waals surface area contributed by atoms with Crippen LogP contribution in [0.3, 0.4) is 0 Å². The molecular weight excluding hydrogens is 314 g/mol. The molecule has 118 valence electrons. The smallest absolute Gasteiger partial charge is 0.171 e. The zero-order valence-electron chi connectivity index (χ0n) is 13.0. The van der Waals surface area contributed by atoms with Crippen molar-refractivity contribution in [1.82, 2.24) is 15.5 Å². The number of hydrogen-bond acceptors (Lipinski definition) is 2. The number of nitrogens with one attached hydrogen (secondary N) is 2. The lowest BCUT2D eigenvalue weighted by atomic mass is 9.81. The predicted molar refractivity (Wildman–Crippen MR) is 96.0 cm³/mol. The maximum Gasteiger partial charge on any atom is 0.171 e. The Kier molecular flexibility index (Phi) is 4.71. The summed E-state index contributed by atoms with van der Waals surface area (Å²) in [5, 5.41) is 8.36. The molecule has 0 radical (unpaired) electrons. The summed E-state index contributed by atoms with van der Waals surface area (Å²) in [5.41, 5.74) is 4.02. The number of halogens is 1. The SMILES string of the molecule is CN(C)CC1CCCC2=C1NC(=S)NC2c1ccc(Cl)cc1. The number of nitrogens with zero attached hydrogens (tertiary/aromatic N) is 1. The van der Waals surface area contributed by atoms with E-state index in [9.17, 15) is 0 Å². The molecule has 1 aromatic carbocycles. The normalized spacial score (nSPS) is 24.8. The lowest BCUT2D eigenvalue weighted by Crippen LogP contribution is -2.47. The molecule has 0 saturated heterocycles. The summed E-state index contributed by atoms with van der Waals surface area (Å²) < 4.78 is 0. The average Bonchev–Trinajstić information content (AvgIpc) is 2.47. The van der Waals surface area contributed by atoms with Gasteiger partial charge in [0.25, 0.3) is 0 Å². The summed E-state index contributed by atoms with van der Waals surface area (Å²) in [6.45, 7) is 1.06. The van der Waals surface area contributed by atoms with Crippen LogP contribution in [0, 0.1) is 5.92 Å². The highest BCUT2D eigenvalue weighted by Crippen LogP contribution is 2.38. The van der Waals surface area contributed by atoms with Crippen LogP contribution in [-0.2, 0) is 0 Å². The fraction of sp³-hybridized carbons (Fsp3) is 0.471. The zero-order valence-corrected chi connectivity index (χ0v) is 14.6. The van der Waals surface area contributed by atoms with Crippen LogP contribution >= 0.6 is 23.8 Å². The average molecular weight is 336 g/mol. The van der Waals surface area contributed by atoms with Crippen LogP contribution in [0.2, 0.25) is 5.02 Å². The number of rotatable bonds is 3. The molecule has 1 aliphatic carbocycles. The van der Waals surface area contributed by atoms with E-state index in [0.717, 1.165) is 23.1 Å². The molecule has 22 heavy (non-hydrogen) atoms. The molecule has 2 atom stereocenters. The quantitative estimate of drug-likeness (QED) is 0.827. The second-order valence-corrected chi connectivity index (χ2v) is 7.22. The topological polar surface area (TPSA) is 27.3 Å². The first kappa shape index (κ1) is 15.8. The molecule has 3 rings (SSSR count). The minimum absolute atomic E-state index is 0.172. The van der Waals surface area contributed by atoms with E-state index in [0.29, 0.717) is 5.92 Å². The lowest BCUT2D eigenvalue weighted by Gasteiger charge is -2.39. The van der Waals surface area contributed by atoms with Gasteiger partial charge in [-0.2, -0.15) is 0 Å². The molecule has 0 spiro atoms. The van der Waals surface area contributed by atoms with Crippen molar-refractivity contribution in [3.63, 3.8) is 0 Å². The van der Waals surface area contributed by atoms with Crippen molar-refractivity contribution in [3.8, 4) is 0 Å². The highest BCUT2D eigenvalue weighted by molar-refractivity contribution is 7.80. The Morgan fingerprint density at radius 3 is 2.68 bits per heavy atom. The molecule has 3 nitrogen and oxygen atoms in total. The van der Waals surface area contributed by atoms with Gasteiger partial charge in [0, 0.05) is 23.2 Å². The monoisotopic (exact) mass is 335 g/mol. The highest BCUT2D eigenvalue weighted by atomic mass is 35.5. The van der Waals surface area contributed by atoms with E-state index < -0.39 is 0 Å². The number of thiocarbonyl (C=S) groups is 1. The fourth-order valence-corrected chi connectivity index (χ4v) is 3.86. The Hall–Kier alpha value is -1.10. The zero-order chi connectivity index (χ0) is 15.7. The third-order valence-corrected chi connectivity index (χ3v) is 4.89. The van der Waals surface area contributed by atoms with Gasteiger partial charge in [0.2, 0.25) is 0 Å². The molecule has 0 fully saturated rings. The molecule has 2 aliphatic rings. The summed E-state index contributed by atoms with van der Waals surface area (Å²) in [6, 6.07) is 8.25. The third kappa shape index (κ3) is 3.29. The van der Waals surface area contributed by atoms with E-state index >= 15 is 0 Å². The summed E-state index contributed by atoms with van der Waals surface area (Å²) in [7, 11) is 4.26. The van der Waals surface area contributed by atoms with Crippen LogP contribution < -0.4 is 10.6 Å². The van der Waals surface area contributed by atoms with Crippen molar-refractivity contribution in [1.29, 1.82) is 0 Å². The van der Waals surface area contributed by atoms with Crippen LogP contribution in [0.4, 0.5) is 0 Å². The number of benzene rings is 1. The van der Waals surface area contributed by atoms with Gasteiger partial charge < -0.3 is 15.5 Å². The molecule has 0 aromatic heterocycles. The molecule has 2 N–H and O–H groups in total. The Bertz CT molecular complexity index is 594. The molecule has 2 unspecified atom stereocenters. The van der Waals surface area contributed by atoms with Gasteiger partial charge in [0.1, 0.15) is 0 Å². The van der Waals surface area contributed by atoms with E-state index in [4.69, 9.17) is 23.8 Å². The molecule has 0 amide bonds. The van der Waals surface area contributed by atoms with Crippen LogP contribution in [0.25, 0.3) is 0 Å². The van der Waals surface area contributed by atoms with Gasteiger partial charge in [-0.05, 0) is 68.8 Å². The van der Waals surface area contributed by atoms with Crippen molar-refractivity contribution in [2.45, 2.75) is 25.3 Å². The van der Waals surface area contributed by atoms with E-state index in [2.05, 4.69) is 41.8 Å². The van der Waals surface area contributed by atoms with Gasteiger partial charge in [-0.3, -0.25) is 0 Å². The van der Waals surface area contributed by atoms with Crippen LogP contribution in [-0.4, -0.2) is 30.7 Å². The van der Waals surface area contributed by atoms with Crippen LogP contribution in [0.15, 0.2) is 35.5 Å². The van der Waals surface area contributed by atoms with Crippen molar-refractivity contribution in [2.24, 2.45) is 5.92 Å². The standard InChI is InChI=1S/C17H22ClN3S/c1-21(2)10-12-4-3-5-14-15(19-17(22)20-16(12)14)11-6-8-13(18)9-7-11/h6-9,12,15H,3-5,10H2,1-2H3,(H2,19,20,22). The second-order valence-electron chi connectivity index (χ2n) is 6.37. The first-order valence-electron chi connectivity index (χ1n) is 7.75. The molecule has 1 heterocycles. The maximum atomic E-state index is 6.02. The summed E-state index contributed by atoms with van der Waals surface area (Å²) in [6.07, 6.45) is 3.58. The molecule has 5 heteroatoms. The van der Waals surface area contributed by atoms with Crippen molar-refractivity contribution < 1.29 is 0 Å². The van der Waals surface area contributed by atoms with E-state index in [1.165, 1.54) is 29.7 Å². The molecule has 0 saturated carbocycles. The molecule has 0 bridgehead atoms. The van der Waals surface area contributed by atoms with Gasteiger partial charge in [-0.25, -0.2) is 0 Å². The van der Waals surface area contributed by atoms with E-state index in [-0.39, 0.29) is 6.04 Å². The minimum Gasteiger partial charge on any atom is -0.352 e.